The van der Waals surface area contributed by atoms with Crippen molar-refractivity contribution in [1.29, 1.82) is 0 Å². The Balaban J connectivity index is 1.42. The van der Waals surface area contributed by atoms with Crippen LogP contribution in [0.25, 0.3) is 21.1 Å². The van der Waals surface area contributed by atoms with Crippen LogP contribution in [0.3, 0.4) is 0 Å². The van der Waals surface area contributed by atoms with Crippen molar-refractivity contribution >= 4 is 45.0 Å². The third kappa shape index (κ3) is 4.84. The minimum atomic E-state index is -2.92. The van der Waals surface area contributed by atoms with Crippen LogP contribution in [0.15, 0.2) is 52.5 Å². The standard InChI is InChI=1S/C19H13F2N3O2S3/c20-18(21)26-14-5-2-1-4-12(14)13-10-29-19(23-13)24-16(25)8-11-9-28-17(22-11)15-6-3-7-27-15/h1-7,9-10,18H,8H2,(H,23,24,25). The molecular formula is C19H13F2N3O2S3. The van der Waals surface area contributed by atoms with Crippen molar-refractivity contribution in [2.45, 2.75) is 13.0 Å². The minimum Gasteiger partial charge on any atom is -0.434 e. The number of benzene rings is 1. The lowest BCUT2D eigenvalue weighted by Gasteiger charge is -2.08. The van der Waals surface area contributed by atoms with Gasteiger partial charge in [-0.2, -0.15) is 8.78 Å². The first-order valence-corrected chi connectivity index (χ1v) is 11.0. The highest BCUT2D eigenvalue weighted by Crippen LogP contribution is 2.33. The molecule has 29 heavy (non-hydrogen) atoms. The lowest BCUT2D eigenvalue weighted by molar-refractivity contribution is -0.115. The number of anilines is 1. The number of aromatic nitrogens is 2. The normalized spacial score (nSPS) is 11.0. The van der Waals surface area contributed by atoms with Gasteiger partial charge in [-0.25, -0.2) is 9.97 Å². The van der Waals surface area contributed by atoms with E-state index < -0.39 is 6.61 Å². The number of nitrogens with zero attached hydrogens (tertiary/aromatic N) is 2. The van der Waals surface area contributed by atoms with Crippen molar-refractivity contribution in [1.82, 2.24) is 9.97 Å². The van der Waals surface area contributed by atoms with Gasteiger partial charge in [-0.05, 0) is 23.6 Å². The molecule has 148 valence electrons. The maximum absolute atomic E-state index is 12.6. The van der Waals surface area contributed by atoms with Gasteiger partial charge in [-0.15, -0.1) is 34.0 Å². The summed E-state index contributed by atoms with van der Waals surface area (Å²) in [6, 6.07) is 10.3. The molecule has 1 amide bonds. The Morgan fingerprint density at radius 3 is 2.72 bits per heavy atom. The van der Waals surface area contributed by atoms with Crippen molar-refractivity contribution < 1.29 is 18.3 Å². The number of hydrogen-bond acceptors (Lipinski definition) is 7. The largest absolute Gasteiger partial charge is 0.434 e. The van der Waals surface area contributed by atoms with Gasteiger partial charge in [0.25, 0.3) is 0 Å². The predicted octanol–water partition coefficient (Wildman–Crippen LogP) is 5.78. The zero-order valence-electron chi connectivity index (χ0n) is 14.7. The van der Waals surface area contributed by atoms with E-state index in [-0.39, 0.29) is 18.1 Å². The molecule has 0 bridgehead atoms. The van der Waals surface area contributed by atoms with E-state index in [1.54, 1.807) is 34.9 Å². The van der Waals surface area contributed by atoms with E-state index in [0.29, 0.717) is 22.1 Å². The second-order valence-corrected chi connectivity index (χ2v) is 8.42. The molecule has 0 atom stereocenters. The van der Waals surface area contributed by atoms with Gasteiger partial charge in [0.05, 0.1) is 22.7 Å². The van der Waals surface area contributed by atoms with Crippen LogP contribution < -0.4 is 10.1 Å². The molecule has 3 aromatic heterocycles. The van der Waals surface area contributed by atoms with Gasteiger partial charge in [0.1, 0.15) is 10.8 Å². The van der Waals surface area contributed by atoms with Crippen LogP contribution >= 0.6 is 34.0 Å². The third-order valence-electron chi connectivity index (χ3n) is 3.75. The number of carbonyl (C=O) groups excluding carboxylic acids is 1. The van der Waals surface area contributed by atoms with E-state index in [1.165, 1.54) is 28.7 Å². The number of para-hydroxylation sites is 1. The smallest absolute Gasteiger partial charge is 0.387 e. The summed E-state index contributed by atoms with van der Waals surface area (Å²) < 4.78 is 29.7. The zero-order valence-corrected chi connectivity index (χ0v) is 17.1. The molecule has 4 aromatic rings. The fourth-order valence-corrected chi connectivity index (χ4v) is 4.92. The second kappa shape index (κ2) is 8.76. The van der Waals surface area contributed by atoms with Crippen LogP contribution in [-0.2, 0) is 11.2 Å². The SMILES string of the molecule is O=C(Cc1csc(-c2cccs2)n1)Nc1nc(-c2ccccc2OC(F)F)cs1. The highest BCUT2D eigenvalue weighted by molar-refractivity contribution is 7.20. The number of carbonyl (C=O) groups is 1. The molecule has 1 N–H and O–H groups in total. The quantitative estimate of drug-likeness (QED) is 0.389. The Kier molecular flexibility index (Phi) is 5.93. The zero-order chi connectivity index (χ0) is 20.2. The van der Waals surface area contributed by atoms with Gasteiger partial charge in [0.2, 0.25) is 5.91 Å². The van der Waals surface area contributed by atoms with Crippen molar-refractivity contribution in [3.8, 4) is 26.9 Å². The number of thiophene rings is 1. The second-order valence-electron chi connectivity index (χ2n) is 5.76. The lowest BCUT2D eigenvalue weighted by Crippen LogP contribution is -2.14. The van der Waals surface area contributed by atoms with E-state index >= 15 is 0 Å². The molecule has 0 unspecified atom stereocenters. The Labute approximate surface area is 176 Å². The van der Waals surface area contributed by atoms with E-state index in [0.717, 1.165) is 9.88 Å². The summed E-state index contributed by atoms with van der Waals surface area (Å²) in [4.78, 5) is 22.2. The number of halogens is 2. The van der Waals surface area contributed by atoms with Gasteiger partial charge in [0, 0.05) is 16.3 Å². The molecule has 0 radical (unpaired) electrons. The Morgan fingerprint density at radius 2 is 1.93 bits per heavy atom. The first kappa shape index (κ1) is 19.6. The Hall–Kier alpha value is -2.69. The highest BCUT2D eigenvalue weighted by Gasteiger charge is 2.15. The van der Waals surface area contributed by atoms with E-state index in [4.69, 9.17) is 0 Å². The van der Waals surface area contributed by atoms with E-state index in [2.05, 4.69) is 20.0 Å². The molecule has 1 aromatic carbocycles. The van der Waals surface area contributed by atoms with Crippen molar-refractivity contribution in [3.63, 3.8) is 0 Å². The number of rotatable bonds is 7. The van der Waals surface area contributed by atoms with Crippen molar-refractivity contribution in [2.24, 2.45) is 0 Å². The summed E-state index contributed by atoms with van der Waals surface area (Å²) in [5, 5.41) is 9.52. The summed E-state index contributed by atoms with van der Waals surface area (Å²) in [5.74, 6) is -0.208. The molecule has 0 fully saturated rings. The van der Waals surface area contributed by atoms with Gasteiger partial charge >= 0.3 is 6.61 Å². The first-order chi connectivity index (χ1) is 14.1. The summed E-state index contributed by atoms with van der Waals surface area (Å²) in [6.45, 7) is -2.92. The van der Waals surface area contributed by atoms with E-state index in [1.807, 2.05) is 22.9 Å². The fourth-order valence-electron chi connectivity index (χ4n) is 2.56. The first-order valence-electron chi connectivity index (χ1n) is 8.36. The highest BCUT2D eigenvalue weighted by atomic mass is 32.1. The van der Waals surface area contributed by atoms with Gasteiger partial charge < -0.3 is 10.1 Å². The molecule has 0 aliphatic heterocycles. The van der Waals surface area contributed by atoms with Crippen LogP contribution in [0.5, 0.6) is 5.75 Å². The van der Waals surface area contributed by atoms with Crippen LogP contribution in [0.4, 0.5) is 13.9 Å². The van der Waals surface area contributed by atoms with Gasteiger partial charge in [-0.3, -0.25) is 4.79 Å². The van der Waals surface area contributed by atoms with Crippen molar-refractivity contribution in [2.75, 3.05) is 5.32 Å². The minimum absolute atomic E-state index is 0.0363. The Bertz CT molecular complexity index is 1110. The third-order valence-corrected chi connectivity index (χ3v) is 6.44. The summed E-state index contributed by atoms with van der Waals surface area (Å²) in [7, 11) is 0. The average Bonchev–Trinajstić information content (AvgIpc) is 3.43. The van der Waals surface area contributed by atoms with Crippen LogP contribution in [0, 0.1) is 0 Å². The lowest BCUT2D eigenvalue weighted by atomic mass is 10.1. The number of alkyl halides is 2. The molecular weight excluding hydrogens is 436 g/mol. The fraction of sp³-hybridized carbons (Fsp3) is 0.105. The number of ether oxygens (including phenoxy) is 1. The van der Waals surface area contributed by atoms with E-state index in [9.17, 15) is 13.6 Å². The molecule has 0 spiro atoms. The Morgan fingerprint density at radius 1 is 1.07 bits per heavy atom. The summed E-state index contributed by atoms with van der Waals surface area (Å²) in [5.41, 5.74) is 1.57. The maximum atomic E-state index is 12.6. The average molecular weight is 450 g/mol. The number of thiazole rings is 2. The van der Waals surface area contributed by atoms with Gasteiger partial charge in [-0.1, -0.05) is 18.2 Å². The molecule has 5 nitrogen and oxygen atoms in total. The van der Waals surface area contributed by atoms with Crippen LogP contribution in [0.2, 0.25) is 0 Å². The molecule has 0 aliphatic rings. The molecule has 0 aliphatic carbocycles. The van der Waals surface area contributed by atoms with Crippen molar-refractivity contribution in [3.05, 3.63) is 58.2 Å². The number of hydrogen-bond donors (Lipinski definition) is 1. The summed E-state index contributed by atoms with van der Waals surface area (Å²) >= 11 is 4.30. The monoisotopic (exact) mass is 449 g/mol. The molecule has 0 saturated carbocycles. The molecule has 0 saturated heterocycles. The maximum Gasteiger partial charge on any atom is 0.387 e. The van der Waals surface area contributed by atoms with Gasteiger partial charge in [0.15, 0.2) is 5.13 Å². The summed E-state index contributed by atoms with van der Waals surface area (Å²) in [6.07, 6.45) is 0.127. The number of amides is 1. The molecule has 4 rings (SSSR count). The topological polar surface area (TPSA) is 64.1 Å². The molecule has 3 heterocycles. The van der Waals surface area contributed by atoms with Crippen LogP contribution in [-0.4, -0.2) is 22.5 Å². The van der Waals surface area contributed by atoms with Crippen LogP contribution in [0.1, 0.15) is 5.69 Å². The number of nitrogens with one attached hydrogen (secondary N) is 1. The molecule has 10 heteroatoms. The predicted molar refractivity (Wildman–Crippen MR) is 112 cm³/mol.